The van der Waals surface area contributed by atoms with Gasteiger partial charge in [-0.15, -0.1) is 0 Å². The van der Waals surface area contributed by atoms with Gasteiger partial charge in [-0.25, -0.2) is 9.78 Å². The van der Waals surface area contributed by atoms with Crippen molar-refractivity contribution in [2.75, 3.05) is 25.1 Å². The number of piperidine rings is 1. The number of hydrogen-bond acceptors (Lipinski definition) is 5. The lowest BCUT2D eigenvalue weighted by molar-refractivity contribution is 0.0593. The monoisotopic (exact) mass is 275 g/mol. The largest absolute Gasteiger partial charge is 0.464 e. The topological polar surface area (TPSA) is 55.3 Å². The van der Waals surface area contributed by atoms with Crippen molar-refractivity contribution in [3.63, 3.8) is 0 Å². The highest BCUT2D eigenvalue weighted by Gasteiger charge is 2.31. The summed E-state index contributed by atoms with van der Waals surface area (Å²) < 4.78 is 4.70. The normalized spacial score (nSPS) is 25.9. The zero-order valence-corrected chi connectivity index (χ0v) is 11.9. The fourth-order valence-corrected chi connectivity index (χ4v) is 3.52. The SMILES string of the molecule is COC(=O)c1cncc(N2CCC3CCCCC3C2)n1. The number of methoxy groups -OCH3 is 1. The third kappa shape index (κ3) is 2.62. The first-order valence-electron chi connectivity index (χ1n) is 7.43. The highest BCUT2D eigenvalue weighted by molar-refractivity contribution is 5.87. The molecular formula is C15H21N3O2. The van der Waals surface area contributed by atoms with Gasteiger partial charge in [0.2, 0.25) is 0 Å². The minimum absolute atomic E-state index is 0.288. The number of esters is 1. The van der Waals surface area contributed by atoms with Crippen LogP contribution in [0.2, 0.25) is 0 Å². The van der Waals surface area contributed by atoms with Crippen molar-refractivity contribution in [1.82, 2.24) is 9.97 Å². The Morgan fingerprint density at radius 3 is 2.85 bits per heavy atom. The van der Waals surface area contributed by atoms with Crippen LogP contribution in [0.3, 0.4) is 0 Å². The Labute approximate surface area is 119 Å². The highest BCUT2D eigenvalue weighted by Crippen LogP contribution is 2.36. The number of carbonyl (C=O) groups excluding carboxylic acids is 1. The molecule has 20 heavy (non-hydrogen) atoms. The van der Waals surface area contributed by atoms with E-state index in [0.717, 1.165) is 30.7 Å². The molecule has 2 unspecified atom stereocenters. The fraction of sp³-hybridized carbons (Fsp3) is 0.667. The molecule has 0 N–H and O–H groups in total. The van der Waals surface area contributed by atoms with E-state index in [1.807, 2.05) is 0 Å². The van der Waals surface area contributed by atoms with Gasteiger partial charge >= 0.3 is 5.97 Å². The van der Waals surface area contributed by atoms with Gasteiger partial charge in [0.05, 0.1) is 19.5 Å². The lowest BCUT2D eigenvalue weighted by Crippen LogP contribution is -2.42. The van der Waals surface area contributed by atoms with Crippen molar-refractivity contribution >= 4 is 11.8 Å². The molecular weight excluding hydrogens is 254 g/mol. The Balaban J connectivity index is 1.74. The van der Waals surface area contributed by atoms with Gasteiger partial charge in [0.1, 0.15) is 5.82 Å². The molecule has 1 aromatic heterocycles. The summed E-state index contributed by atoms with van der Waals surface area (Å²) in [6.07, 6.45) is 9.88. The third-order valence-corrected chi connectivity index (χ3v) is 4.63. The molecule has 1 saturated carbocycles. The molecule has 3 rings (SSSR count). The molecule has 0 amide bonds. The first-order chi connectivity index (χ1) is 9.78. The van der Waals surface area contributed by atoms with Crippen LogP contribution < -0.4 is 4.90 Å². The molecule has 2 fully saturated rings. The standard InChI is InChI=1S/C15H21N3O2/c1-20-15(19)13-8-16-9-14(17-13)18-7-6-11-4-2-3-5-12(11)10-18/h8-9,11-12H,2-7,10H2,1H3. The first kappa shape index (κ1) is 13.3. The molecule has 0 aromatic carbocycles. The molecule has 1 saturated heterocycles. The summed E-state index contributed by atoms with van der Waals surface area (Å²) in [7, 11) is 1.37. The summed E-state index contributed by atoms with van der Waals surface area (Å²) in [4.78, 5) is 22.3. The van der Waals surface area contributed by atoms with E-state index in [4.69, 9.17) is 4.74 Å². The molecule has 5 heteroatoms. The van der Waals surface area contributed by atoms with Crippen LogP contribution in [0.1, 0.15) is 42.6 Å². The van der Waals surface area contributed by atoms with Crippen molar-refractivity contribution in [2.45, 2.75) is 32.1 Å². The minimum Gasteiger partial charge on any atom is -0.464 e. The summed E-state index contributed by atoms with van der Waals surface area (Å²) in [6.45, 7) is 2.06. The predicted octanol–water partition coefficient (Wildman–Crippen LogP) is 2.28. The van der Waals surface area contributed by atoms with Crippen LogP contribution in [-0.2, 0) is 4.74 Å². The smallest absolute Gasteiger partial charge is 0.358 e. The highest BCUT2D eigenvalue weighted by atomic mass is 16.5. The first-order valence-corrected chi connectivity index (χ1v) is 7.43. The summed E-state index contributed by atoms with van der Waals surface area (Å²) >= 11 is 0. The van der Waals surface area contributed by atoms with E-state index in [9.17, 15) is 4.79 Å². The van der Waals surface area contributed by atoms with Gasteiger partial charge in [0, 0.05) is 13.1 Å². The molecule has 2 aliphatic rings. The number of carbonyl (C=O) groups is 1. The van der Waals surface area contributed by atoms with Crippen LogP contribution in [0.15, 0.2) is 12.4 Å². The van der Waals surface area contributed by atoms with E-state index in [0.29, 0.717) is 0 Å². The number of rotatable bonds is 2. The van der Waals surface area contributed by atoms with Crippen LogP contribution in [0.25, 0.3) is 0 Å². The Morgan fingerprint density at radius 2 is 2.05 bits per heavy atom. The van der Waals surface area contributed by atoms with Gasteiger partial charge in [-0.3, -0.25) is 4.98 Å². The lowest BCUT2D eigenvalue weighted by Gasteiger charge is -2.41. The molecule has 0 radical (unpaired) electrons. The molecule has 1 aliphatic carbocycles. The van der Waals surface area contributed by atoms with Crippen molar-refractivity contribution in [3.8, 4) is 0 Å². The third-order valence-electron chi connectivity index (χ3n) is 4.63. The van der Waals surface area contributed by atoms with Crippen molar-refractivity contribution in [1.29, 1.82) is 0 Å². The Kier molecular flexibility index (Phi) is 3.85. The van der Waals surface area contributed by atoms with E-state index in [2.05, 4.69) is 14.9 Å². The summed E-state index contributed by atoms with van der Waals surface area (Å²) in [5.41, 5.74) is 0.288. The molecule has 1 aliphatic heterocycles. The molecule has 2 atom stereocenters. The fourth-order valence-electron chi connectivity index (χ4n) is 3.52. The van der Waals surface area contributed by atoms with Crippen molar-refractivity contribution in [2.24, 2.45) is 11.8 Å². The number of nitrogens with zero attached hydrogens (tertiary/aromatic N) is 3. The second-order valence-corrected chi connectivity index (χ2v) is 5.79. The maximum absolute atomic E-state index is 11.5. The summed E-state index contributed by atoms with van der Waals surface area (Å²) in [5.74, 6) is 2.04. The van der Waals surface area contributed by atoms with E-state index in [-0.39, 0.29) is 5.69 Å². The van der Waals surface area contributed by atoms with E-state index >= 15 is 0 Å². The van der Waals surface area contributed by atoms with E-state index in [1.165, 1.54) is 45.4 Å². The van der Waals surface area contributed by atoms with Crippen LogP contribution >= 0.6 is 0 Å². The lowest BCUT2D eigenvalue weighted by atomic mass is 9.75. The van der Waals surface area contributed by atoms with Crippen LogP contribution in [-0.4, -0.2) is 36.1 Å². The van der Waals surface area contributed by atoms with Gasteiger partial charge in [-0.2, -0.15) is 0 Å². The quantitative estimate of drug-likeness (QED) is 0.775. The summed E-state index contributed by atoms with van der Waals surface area (Å²) in [6, 6.07) is 0. The average molecular weight is 275 g/mol. The van der Waals surface area contributed by atoms with E-state index in [1.54, 1.807) is 6.20 Å². The molecule has 0 bridgehead atoms. The number of anilines is 1. The van der Waals surface area contributed by atoms with Gasteiger partial charge in [-0.1, -0.05) is 19.3 Å². The molecule has 2 heterocycles. The van der Waals surface area contributed by atoms with Gasteiger partial charge in [0.15, 0.2) is 5.69 Å². The van der Waals surface area contributed by atoms with Crippen LogP contribution in [0, 0.1) is 11.8 Å². The average Bonchev–Trinajstić information content (AvgIpc) is 2.53. The van der Waals surface area contributed by atoms with Crippen molar-refractivity contribution in [3.05, 3.63) is 18.1 Å². The Bertz CT molecular complexity index is 492. The van der Waals surface area contributed by atoms with Crippen molar-refractivity contribution < 1.29 is 9.53 Å². The minimum atomic E-state index is -0.424. The number of aromatic nitrogens is 2. The Morgan fingerprint density at radius 1 is 1.25 bits per heavy atom. The van der Waals surface area contributed by atoms with Crippen LogP contribution in [0.5, 0.6) is 0 Å². The van der Waals surface area contributed by atoms with Gasteiger partial charge < -0.3 is 9.64 Å². The second-order valence-electron chi connectivity index (χ2n) is 5.79. The molecule has 108 valence electrons. The summed E-state index contributed by atoms with van der Waals surface area (Å²) in [5, 5.41) is 0. The second kappa shape index (κ2) is 5.77. The number of hydrogen-bond donors (Lipinski definition) is 0. The zero-order valence-electron chi connectivity index (χ0n) is 11.9. The molecule has 5 nitrogen and oxygen atoms in total. The number of ether oxygens (including phenoxy) is 1. The predicted molar refractivity (Wildman–Crippen MR) is 75.6 cm³/mol. The van der Waals surface area contributed by atoms with Gasteiger partial charge in [-0.05, 0) is 24.7 Å². The Hall–Kier alpha value is -1.65. The van der Waals surface area contributed by atoms with E-state index < -0.39 is 5.97 Å². The van der Waals surface area contributed by atoms with Gasteiger partial charge in [0.25, 0.3) is 0 Å². The molecule has 1 aromatic rings. The zero-order chi connectivity index (χ0) is 13.9. The number of fused-ring (bicyclic) bond motifs is 1. The maximum atomic E-state index is 11.5. The maximum Gasteiger partial charge on any atom is 0.358 e. The van der Waals surface area contributed by atoms with Crippen LogP contribution in [0.4, 0.5) is 5.82 Å². The molecule has 0 spiro atoms.